The molecule has 7 heteroatoms. The third-order valence-electron chi connectivity index (χ3n) is 3.30. The lowest BCUT2D eigenvalue weighted by Crippen LogP contribution is -2.43. The van der Waals surface area contributed by atoms with Crippen LogP contribution in [0.5, 0.6) is 0 Å². The third kappa shape index (κ3) is 3.17. The van der Waals surface area contributed by atoms with E-state index in [9.17, 15) is 13.2 Å². The molecule has 20 heavy (non-hydrogen) atoms. The summed E-state index contributed by atoms with van der Waals surface area (Å²) in [6.45, 7) is 2.93. The van der Waals surface area contributed by atoms with E-state index in [1.165, 1.54) is 4.31 Å². The van der Waals surface area contributed by atoms with Crippen molar-refractivity contribution in [2.45, 2.75) is 26.3 Å². The minimum Gasteiger partial charge on any atom is -0.478 e. The summed E-state index contributed by atoms with van der Waals surface area (Å²) in [6.07, 6.45) is 1.33. The first-order chi connectivity index (χ1) is 9.44. The SMILES string of the molecule is CCCNS(=O)(=O)N1CCc2ccc(C(=O)O)cc2C1. The zero-order valence-electron chi connectivity index (χ0n) is 11.3. The molecule has 0 radical (unpaired) electrons. The highest BCUT2D eigenvalue weighted by Crippen LogP contribution is 2.22. The van der Waals surface area contributed by atoms with E-state index >= 15 is 0 Å². The van der Waals surface area contributed by atoms with Crippen LogP contribution in [0.1, 0.15) is 34.8 Å². The Morgan fingerprint density at radius 1 is 1.40 bits per heavy atom. The number of benzene rings is 1. The average Bonchev–Trinajstić information content (AvgIpc) is 2.43. The first kappa shape index (κ1) is 15.0. The summed E-state index contributed by atoms with van der Waals surface area (Å²) < 4.78 is 28.0. The largest absolute Gasteiger partial charge is 0.478 e. The van der Waals surface area contributed by atoms with Crippen molar-refractivity contribution in [1.29, 1.82) is 0 Å². The van der Waals surface area contributed by atoms with Crippen LogP contribution in [0.15, 0.2) is 18.2 Å². The molecule has 1 aromatic rings. The zero-order chi connectivity index (χ0) is 14.8. The Morgan fingerprint density at radius 2 is 2.15 bits per heavy atom. The molecule has 0 aromatic heterocycles. The number of hydrogen-bond donors (Lipinski definition) is 2. The molecular formula is C13H18N2O4S. The monoisotopic (exact) mass is 298 g/mol. The third-order valence-corrected chi connectivity index (χ3v) is 4.87. The number of carboxylic acid groups (broad SMARTS) is 1. The van der Waals surface area contributed by atoms with Gasteiger partial charge in [-0.25, -0.2) is 9.52 Å². The van der Waals surface area contributed by atoms with Crippen LogP contribution in [-0.4, -0.2) is 36.9 Å². The van der Waals surface area contributed by atoms with Gasteiger partial charge in [0, 0.05) is 19.6 Å². The number of nitrogens with zero attached hydrogens (tertiary/aromatic N) is 1. The molecule has 1 aromatic carbocycles. The Morgan fingerprint density at radius 3 is 2.80 bits per heavy atom. The van der Waals surface area contributed by atoms with Crippen LogP contribution < -0.4 is 4.72 Å². The number of carboxylic acids is 1. The summed E-state index contributed by atoms with van der Waals surface area (Å²) in [5, 5.41) is 8.98. The predicted molar refractivity (Wildman–Crippen MR) is 74.7 cm³/mol. The Hall–Kier alpha value is -1.44. The molecule has 0 amide bonds. The maximum Gasteiger partial charge on any atom is 0.335 e. The lowest BCUT2D eigenvalue weighted by molar-refractivity contribution is 0.0696. The van der Waals surface area contributed by atoms with Crippen LogP contribution in [0.2, 0.25) is 0 Å². The van der Waals surface area contributed by atoms with Gasteiger partial charge in [0.2, 0.25) is 0 Å². The molecule has 1 heterocycles. The molecule has 0 aliphatic carbocycles. The molecule has 2 N–H and O–H groups in total. The summed E-state index contributed by atoms with van der Waals surface area (Å²) in [6, 6.07) is 4.88. The van der Waals surface area contributed by atoms with Gasteiger partial charge in [0.25, 0.3) is 10.2 Å². The number of nitrogens with one attached hydrogen (secondary N) is 1. The van der Waals surface area contributed by atoms with Crippen LogP contribution in [0.25, 0.3) is 0 Å². The van der Waals surface area contributed by atoms with Gasteiger partial charge in [-0.05, 0) is 36.1 Å². The van der Waals surface area contributed by atoms with Gasteiger partial charge >= 0.3 is 5.97 Å². The van der Waals surface area contributed by atoms with Gasteiger partial charge in [0.15, 0.2) is 0 Å². The number of aromatic carboxylic acids is 1. The molecule has 1 aliphatic rings. The van der Waals surface area contributed by atoms with Crippen LogP contribution in [0.3, 0.4) is 0 Å². The van der Waals surface area contributed by atoms with Gasteiger partial charge in [0.05, 0.1) is 5.56 Å². The van der Waals surface area contributed by atoms with E-state index in [2.05, 4.69) is 4.72 Å². The molecule has 0 bridgehead atoms. The molecule has 0 fully saturated rings. The van der Waals surface area contributed by atoms with E-state index in [0.717, 1.165) is 17.5 Å². The number of carbonyl (C=O) groups is 1. The van der Waals surface area contributed by atoms with E-state index < -0.39 is 16.2 Å². The molecule has 1 aliphatic heterocycles. The van der Waals surface area contributed by atoms with Crippen molar-refractivity contribution < 1.29 is 18.3 Å². The van der Waals surface area contributed by atoms with Gasteiger partial charge in [-0.3, -0.25) is 0 Å². The van der Waals surface area contributed by atoms with E-state index in [4.69, 9.17) is 5.11 Å². The zero-order valence-corrected chi connectivity index (χ0v) is 12.1. The fourth-order valence-electron chi connectivity index (χ4n) is 2.19. The second-order valence-corrected chi connectivity index (χ2v) is 6.53. The van der Waals surface area contributed by atoms with Crippen molar-refractivity contribution in [2.24, 2.45) is 0 Å². The Balaban J connectivity index is 2.21. The van der Waals surface area contributed by atoms with Crippen molar-refractivity contribution in [3.8, 4) is 0 Å². The summed E-state index contributed by atoms with van der Waals surface area (Å²) in [4.78, 5) is 11.0. The van der Waals surface area contributed by atoms with E-state index in [1.54, 1.807) is 18.2 Å². The van der Waals surface area contributed by atoms with Crippen molar-refractivity contribution in [1.82, 2.24) is 9.03 Å². The Labute approximate surface area is 118 Å². The lowest BCUT2D eigenvalue weighted by Gasteiger charge is -2.28. The Kier molecular flexibility index (Phi) is 4.42. The topological polar surface area (TPSA) is 86.7 Å². The maximum atomic E-state index is 12.1. The number of hydrogen-bond acceptors (Lipinski definition) is 3. The normalized spacial score (nSPS) is 15.8. The molecule has 0 atom stereocenters. The molecule has 0 unspecified atom stereocenters. The minimum atomic E-state index is -3.49. The molecule has 0 spiro atoms. The summed E-state index contributed by atoms with van der Waals surface area (Å²) in [5.41, 5.74) is 1.96. The van der Waals surface area contributed by atoms with Crippen molar-refractivity contribution in [3.63, 3.8) is 0 Å². The summed E-state index contributed by atoms with van der Waals surface area (Å²) in [7, 11) is -3.49. The van der Waals surface area contributed by atoms with Gasteiger partial charge in [-0.2, -0.15) is 12.7 Å². The average molecular weight is 298 g/mol. The van der Waals surface area contributed by atoms with Crippen LogP contribution >= 0.6 is 0 Å². The number of fused-ring (bicyclic) bond motifs is 1. The van der Waals surface area contributed by atoms with Crippen molar-refractivity contribution in [2.75, 3.05) is 13.1 Å². The second kappa shape index (κ2) is 5.90. The highest BCUT2D eigenvalue weighted by molar-refractivity contribution is 7.87. The molecule has 6 nitrogen and oxygen atoms in total. The highest BCUT2D eigenvalue weighted by Gasteiger charge is 2.26. The second-order valence-electron chi connectivity index (χ2n) is 4.77. The molecule has 0 saturated heterocycles. The molecular weight excluding hydrogens is 280 g/mol. The minimum absolute atomic E-state index is 0.185. The predicted octanol–water partition coefficient (Wildman–Crippen LogP) is 0.987. The fourth-order valence-corrected chi connectivity index (χ4v) is 3.48. The van der Waals surface area contributed by atoms with Gasteiger partial charge in [0.1, 0.15) is 0 Å². The fraction of sp³-hybridized carbons (Fsp3) is 0.462. The standard InChI is InChI=1S/C13H18N2O4S/c1-2-6-14-20(18,19)15-7-5-10-3-4-11(13(16)17)8-12(10)9-15/h3-4,8,14H,2,5-7,9H2,1H3,(H,16,17). The quantitative estimate of drug-likeness (QED) is 0.848. The van der Waals surface area contributed by atoms with Gasteiger partial charge in [-0.15, -0.1) is 0 Å². The van der Waals surface area contributed by atoms with Gasteiger partial charge in [-0.1, -0.05) is 13.0 Å². The van der Waals surface area contributed by atoms with Crippen LogP contribution in [0, 0.1) is 0 Å². The van der Waals surface area contributed by atoms with E-state index in [-0.39, 0.29) is 12.1 Å². The smallest absolute Gasteiger partial charge is 0.335 e. The molecule has 0 saturated carbocycles. The highest BCUT2D eigenvalue weighted by atomic mass is 32.2. The van der Waals surface area contributed by atoms with Crippen LogP contribution in [0.4, 0.5) is 0 Å². The van der Waals surface area contributed by atoms with E-state index in [1.807, 2.05) is 6.92 Å². The van der Waals surface area contributed by atoms with Crippen molar-refractivity contribution >= 4 is 16.2 Å². The lowest BCUT2D eigenvalue weighted by atomic mass is 9.99. The first-order valence-corrected chi connectivity index (χ1v) is 7.98. The Bertz CT molecular complexity index is 613. The first-order valence-electron chi connectivity index (χ1n) is 6.54. The number of rotatable bonds is 5. The summed E-state index contributed by atoms with van der Waals surface area (Å²) >= 11 is 0. The van der Waals surface area contributed by atoms with Crippen LogP contribution in [-0.2, 0) is 23.2 Å². The molecule has 110 valence electrons. The maximum absolute atomic E-state index is 12.1. The van der Waals surface area contributed by atoms with Gasteiger partial charge < -0.3 is 5.11 Å². The summed E-state index contributed by atoms with van der Waals surface area (Å²) in [5.74, 6) is -1.00. The van der Waals surface area contributed by atoms with Crippen molar-refractivity contribution in [3.05, 3.63) is 34.9 Å². The van der Waals surface area contributed by atoms with E-state index in [0.29, 0.717) is 19.5 Å². The molecule has 2 rings (SSSR count).